The lowest BCUT2D eigenvalue weighted by Gasteiger charge is -2.33. The number of fused-ring (bicyclic) bond motifs is 1. The molecule has 0 amide bonds. The lowest BCUT2D eigenvalue weighted by atomic mass is 9.85. The second-order valence-electron chi connectivity index (χ2n) is 8.52. The number of hydrogen-bond acceptors (Lipinski definition) is 6. The minimum Gasteiger partial charge on any atom is -0.489 e. The van der Waals surface area contributed by atoms with Gasteiger partial charge in [0.1, 0.15) is 23.9 Å². The number of benzene rings is 2. The summed E-state index contributed by atoms with van der Waals surface area (Å²) in [5.74, 6) is 1.34. The number of ether oxygens (including phenoxy) is 3. The summed E-state index contributed by atoms with van der Waals surface area (Å²) in [6, 6.07) is 9.63. The van der Waals surface area contributed by atoms with E-state index in [9.17, 15) is 14.9 Å². The molecular formula is C23H25NO6. The Kier molecular flexibility index (Phi) is 5.57. The number of nitrogens with zero attached hydrogens (tertiary/aromatic N) is 1. The number of carbonyl (C=O) groups is 1. The summed E-state index contributed by atoms with van der Waals surface area (Å²) in [6.07, 6.45) is 3.80. The monoisotopic (exact) mass is 411 g/mol. The Hall–Kier alpha value is -3.35. The van der Waals surface area contributed by atoms with Gasteiger partial charge in [0.25, 0.3) is 5.69 Å². The molecule has 1 aliphatic heterocycles. The highest BCUT2D eigenvalue weighted by Gasteiger charge is 2.31. The molecule has 3 rings (SSSR count). The molecule has 0 aliphatic carbocycles. The van der Waals surface area contributed by atoms with Crippen LogP contribution in [-0.2, 0) is 10.2 Å². The van der Waals surface area contributed by atoms with E-state index in [1.807, 2.05) is 52.0 Å². The van der Waals surface area contributed by atoms with Gasteiger partial charge in [-0.1, -0.05) is 26.8 Å². The highest BCUT2D eigenvalue weighted by Crippen LogP contribution is 2.41. The summed E-state index contributed by atoms with van der Waals surface area (Å²) in [7, 11) is 0. The average Bonchev–Trinajstić information content (AvgIpc) is 2.65. The molecule has 1 aliphatic rings. The molecule has 2 aromatic carbocycles. The first-order valence-corrected chi connectivity index (χ1v) is 9.59. The number of carbonyl (C=O) groups excluding carboxylic acids is 1. The standard InChI is InChI=1S/C23H25NO6/c1-15(25)29-21-12-16-10-11-23(5,30-20(16)13-19(21)22(2,3)4)14-28-18-8-6-17(7-9-18)24(26)27/h6-13H,14H2,1-5H3. The SMILES string of the molecule is CC(=O)Oc1cc2c(cc1C(C)(C)C)OC(C)(COc1ccc([N+](=O)[O-])cc1)C=C2. The van der Waals surface area contributed by atoms with Gasteiger partial charge in [0.2, 0.25) is 0 Å². The number of nitro benzene ring substituents is 1. The van der Waals surface area contributed by atoms with Crippen molar-refractivity contribution in [1.29, 1.82) is 0 Å². The predicted molar refractivity (Wildman–Crippen MR) is 113 cm³/mol. The van der Waals surface area contributed by atoms with Crippen molar-refractivity contribution in [3.63, 3.8) is 0 Å². The third-order valence-electron chi connectivity index (χ3n) is 4.71. The largest absolute Gasteiger partial charge is 0.489 e. The molecule has 158 valence electrons. The topological polar surface area (TPSA) is 87.9 Å². The lowest BCUT2D eigenvalue weighted by molar-refractivity contribution is -0.384. The molecule has 0 bridgehead atoms. The second-order valence-corrected chi connectivity index (χ2v) is 8.52. The number of rotatable bonds is 5. The van der Waals surface area contributed by atoms with Crippen molar-refractivity contribution in [3.8, 4) is 17.2 Å². The van der Waals surface area contributed by atoms with Gasteiger partial charge in [0.05, 0.1) is 4.92 Å². The van der Waals surface area contributed by atoms with Crippen LogP contribution in [0.3, 0.4) is 0 Å². The average molecular weight is 411 g/mol. The molecule has 2 aromatic rings. The van der Waals surface area contributed by atoms with Gasteiger partial charge < -0.3 is 14.2 Å². The molecule has 7 nitrogen and oxygen atoms in total. The molecule has 7 heteroatoms. The zero-order chi connectivity index (χ0) is 22.1. The normalized spacial score (nSPS) is 17.6. The van der Waals surface area contributed by atoms with Gasteiger partial charge in [0, 0.05) is 30.2 Å². The molecule has 0 saturated heterocycles. The first kappa shape index (κ1) is 21.4. The summed E-state index contributed by atoms with van der Waals surface area (Å²) < 4.78 is 17.5. The van der Waals surface area contributed by atoms with Gasteiger partial charge in [-0.05, 0) is 42.7 Å². The van der Waals surface area contributed by atoms with Crippen LogP contribution in [0.25, 0.3) is 6.08 Å². The zero-order valence-corrected chi connectivity index (χ0v) is 17.7. The zero-order valence-electron chi connectivity index (χ0n) is 17.7. The molecule has 0 aromatic heterocycles. The highest BCUT2D eigenvalue weighted by atomic mass is 16.6. The van der Waals surface area contributed by atoms with Gasteiger partial charge >= 0.3 is 5.97 Å². The van der Waals surface area contributed by atoms with E-state index in [-0.39, 0.29) is 23.7 Å². The summed E-state index contributed by atoms with van der Waals surface area (Å²) in [5.41, 5.74) is 0.704. The van der Waals surface area contributed by atoms with Gasteiger partial charge in [-0.2, -0.15) is 0 Å². The Balaban J connectivity index is 1.82. The summed E-state index contributed by atoms with van der Waals surface area (Å²) in [5, 5.41) is 10.8. The van der Waals surface area contributed by atoms with E-state index in [1.54, 1.807) is 12.1 Å². The number of esters is 1. The Morgan fingerprint density at radius 1 is 1.20 bits per heavy atom. The molecule has 0 saturated carbocycles. The van der Waals surface area contributed by atoms with Crippen LogP contribution in [0.1, 0.15) is 45.7 Å². The fourth-order valence-corrected chi connectivity index (χ4v) is 3.14. The third-order valence-corrected chi connectivity index (χ3v) is 4.71. The molecule has 1 unspecified atom stereocenters. The lowest BCUT2D eigenvalue weighted by Crippen LogP contribution is -2.38. The van der Waals surface area contributed by atoms with Gasteiger partial charge in [-0.25, -0.2) is 0 Å². The van der Waals surface area contributed by atoms with Crippen LogP contribution in [0.2, 0.25) is 0 Å². The predicted octanol–water partition coefficient (Wildman–Crippen LogP) is 5.06. The van der Waals surface area contributed by atoms with Crippen molar-refractivity contribution < 1.29 is 23.9 Å². The third kappa shape index (κ3) is 4.79. The summed E-state index contributed by atoms with van der Waals surface area (Å²) in [4.78, 5) is 21.8. The van der Waals surface area contributed by atoms with Crippen molar-refractivity contribution in [2.24, 2.45) is 0 Å². The van der Waals surface area contributed by atoms with E-state index >= 15 is 0 Å². The Labute approximate surface area is 175 Å². The van der Waals surface area contributed by atoms with Crippen LogP contribution in [-0.4, -0.2) is 23.1 Å². The first-order chi connectivity index (χ1) is 14.0. The molecule has 0 spiro atoms. The molecule has 1 atom stereocenters. The molecule has 0 radical (unpaired) electrons. The Morgan fingerprint density at radius 2 is 1.87 bits per heavy atom. The number of non-ortho nitro benzene ring substituents is 1. The van der Waals surface area contributed by atoms with Crippen LogP contribution in [0.5, 0.6) is 17.2 Å². The maximum absolute atomic E-state index is 11.5. The quantitative estimate of drug-likeness (QED) is 0.296. The van der Waals surface area contributed by atoms with Gasteiger partial charge in [-0.3, -0.25) is 14.9 Å². The van der Waals surface area contributed by atoms with Crippen LogP contribution in [0.15, 0.2) is 42.5 Å². The first-order valence-electron chi connectivity index (χ1n) is 9.59. The van der Waals surface area contributed by atoms with E-state index in [1.165, 1.54) is 19.1 Å². The van der Waals surface area contributed by atoms with Crippen molar-refractivity contribution >= 4 is 17.7 Å². The summed E-state index contributed by atoms with van der Waals surface area (Å²) in [6.45, 7) is 9.61. The van der Waals surface area contributed by atoms with E-state index in [2.05, 4.69) is 0 Å². The van der Waals surface area contributed by atoms with Gasteiger partial charge in [0.15, 0.2) is 5.60 Å². The van der Waals surface area contributed by atoms with Crippen molar-refractivity contribution in [1.82, 2.24) is 0 Å². The smallest absolute Gasteiger partial charge is 0.308 e. The summed E-state index contributed by atoms with van der Waals surface area (Å²) >= 11 is 0. The van der Waals surface area contributed by atoms with Crippen LogP contribution >= 0.6 is 0 Å². The van der Waals surface area contributed by atoms with E-state index in [0.29, 0.717) is 17.2 Å². The number of hydrogen-bond donors (Lipinski definition) is 0. The Bertz CT molecular complexity index is 1000. The minimum absolute atomic E-state index is 0.00888. The van der Waals surface area contributed by atoms with Crippen molar-refractivity contribution in [2.45, 2.75) is 45.6 Å². The van der Waals surface area contributed by atoms with E-state index in [0.717, 1.165) is 11.1 Å². The molecule has 1 heterocycles. The maximum atomic E-state index is 11.5. The Morgan fingerprint density at radius 3 is 2.43 bits per heavy atom. The van der Waals surface area contributed by atoms with Crippen LogP contribution < -0.4 is 14.2 Å². The molecule has 0 fully saturated rings. The fraction of sp³-hybridized carbons (Fsp3) is 0.348. The van der Waals surface area contributed by atoms with Gasteiger partial charge in [-0.15, -0.1) is 0 Å². The van der Waals surface area contributed by atoms with E-state index in [4.69, 9.17) is 14.2 Å². The minimum atomic E-state index is -0.729. The maximum Gasteiger partial charge on any atom is 0.308 e. The molecule has 30 heavy (non-hydrogen) atoms. The van der Waals surface area contributed by atoms with Crippen molar-refractivity contribution in [2.75, 3.05) is 6.61 Å². The highest BCUT2D eigenvalue weighted by molar-refractivity contribution is 5.72. The van der Waals surface area contributed by atoms with Crippen molar-refractivity contribution in [3.05, 3.63) is 63.7 Å². The molecule has 0 N–H and O–H groups in total. The second kappa shape index (κ2) is 7.82. The number of nitro groups is 1. The fourth-order valence-electron chi connectivity index (χ4n) is 3.14. The van der Waals surface area contributed by atoms with E-state index < -0.39 is 10.5 Å². The molecular weight excluding hydrogens is 386 g/mol. The van der Waals surface area contributed by atoms with Crippen LogP contribution in [0.4, 0.5) is 5.69 Å². The van der Waals surface area contributed by atoms with Crippen LogP contribution in [0, 0.1) is 10.1 Å².